The van der Waals surface area contributed by atoms with Gasteiger partial charge in [-0.2, -0.15) is 0 Å². The Kier molecular flexibility index (Phi) is 5.62. The van der Waals surface area contributed by atoms with Crippen molar-refractivity contribution < 1.29 is 4.79 Å². The molecule has 2 aromatic heterocycles. The lowest BCUT2D eigenvalue weighted by atomic mass is 10.2. The zero-order chi connectivity index (χ0) is 20.4. The number of aryl methyl sites for hydroxylation is 1. The summed E-state index contributed by atoms with van der Waals surface area (Å²) >= 11 is 0. The molecule has 1 amide bonds. The van der Waals surface area contributed by atoms with Crippen LogP contribution in [-0.4, -0.2) is 76.5 Å². The Balaban J connectivity index is 1.35. The van der Waals surface area contributed by atoms with E-state index in [2.05, 4.69) is 24.8 Å². The molecule has 154 valence electrons. The molecule has 0 atom stereocenters. The molecule has 0 aromatic carbocycles. The fourth-order valence-electron chi connectivity index (χ4n) is 3.89. The Bertz CT molecular complexity index is 925. The van der Waals surface area contributed by atoms with Gasteiger partial charge in [-0.05, 0) is 38.8 Å². The smallest absolute Gasteiger partial charge is 0.254 e. The molecule has 2 aromatic rings. The first-order valence-electron chi connectivity index (χ1n) is 10.3. The molecule has 0 aliphatic carbocycles. The monoisotopic (exact) mass is 396 g/mol. The Hall–Kier alpha value is -2.74. The first-order valence-corrected chi connectivity index (χ1v) is 10.3. The summed E-state index contributed by atoms with van der Waals surface area (Å²) in [6.07, 6.45) is 4.02. The van der Waals surface area contributed by atoms with Gasteiger partial charge in [-0.1, -0.05) is 0 Å². The Morgan fingerprint density at radius 2 is 1.79 bits per heavy atom. The standard InChI is InChI=1S/C21H28N6O2/c1-15-16(2)23-20(24-21(15)29)17-5-6-18(22-13-17)26-11-9-25(10-12-26)14-19(28)27-7-3-4-8-27/h5-6,13H,3-4,7-12,14H2,1-2H3,(H,23,24,29). The number of piperazine rings is 1. The second-order valence-corrected chi connectivity index (χ2v) is 7.88. The number of amides is 1. The summed E-state index contributed by atoms with van der Waals surface area (Å²) in [7, 11) is 0. The maximum atomic E-state index is 12.3. The number of hydrogen-bond donors (Lipinski definition) is 1. The number of aromatic nitrogens is 3. The van der Waals surface area contributed by atoms with Gasteiger partial charge in [-0.25, -0.2) is 9.97 Å². The maximum Gasteiger partial charge on any atom is 0.254 e. The molecule has 2 aliphatic heterocycles. The van der Waals surface area contributed by atoms with Gasteiger partial charge in [-0.3, -0.25) is 14.5 Å². The fraction of sp³-hybridized carbons (Fsp3) is 0.524. The third-order valence-electron chi connectivity index (χ3n) is 5.93. The van der Waals surface area contributed by atoms with Crippen LogP contribution in [0.3, 0.4) is 0 Å². The predicted molar refractivity (Wildman–Crippen MR) is 112 cm³/mol. The lowest BCUT2D eigenvalue weighted by Gasteiger charge is -2.35. The third-order valence-corrected chi connectivity index (χ3v) is 5.93. The molecule has 2 saturated heterocycles. The highest BCUT2D eigenvalue weighted by molar-refractivity contribution is 5.78. The van der Waals surface area contributed by atoms with Crippen LogP contribution in [0.2, 0.25) is 0 Å². The summed E-state index contributed by atoms with van der Waals surface area (Å²) in [5.41, 5.74) is 2.05. The summed E-state index contributed by atoms with van der Waals surface area (Å²) in [5.74, 6) is 1.71. The molecule has 8 heteroatoms. The number of rotatable bonds is 4. The number of anilines is 1. The quantitative estimate of drug-likeness (QED) is 0.836. The molecule has 29 heavy (non-hydrogen) atoms. The van der Waals surface area contributed by atoms with E-state index in [4.69, 9.17) is 0 Å². The van der Waals surface area contributed by atoms with E-state index in [1.54, 1.807) is 13.1 Å². The highest BCUT2D eigenvalue weighted by Gasteiger charge is 2.24. The Labute approximate surface area is 170 Å². The highest BCUT2D eigenvalue weighted by atomic mass is 16.2. The topological polar surface area (TPSA) is 85.4 Å². The highest BCUT2D eigenvalue weighted by Crippen LogP contribution is 2.19. The second-order valence-electron chi connectivity index (χ2n) is 7.88. The lowest BCUT2D eigenvalue weighted by molar-refractivity contribution is -0.131. The van der Waals surface area contributed by atoms with Crippen molar-refractivity contribution in [2.24, 2.45) is 0 Å². The van der Waals surface area contributed by atoms with Gasteiger partial charge in [0.1, 0.15) is 11.6 Å². The van der Waals surface area contributed by atoms with Crippen molar-refractivity contribution in [3.05, 3.63) is 39.9 Å². The molecule has 0 spiro atoms. The number of pyridine rings is 1. The van der Waals surface area contributed by atoms with Crippen LogP contribution < -0.4 is 10.5 Å². The van der Waals surface area contributed by atoms with Gasteiger partial charge in [0.05, 0.1) is 6.54 Å². The Morgan fingerprint density at radius 1 is 1.07 bits per heavy atom. The molecular weight excluding hydrogens is 368 g/mol. The second kappa shape index (κ2) is 8.32. The largest absolute Gasteiger partial charge is 0.354 e. The van der Waals surface area contributed by atoms with Crippen LogP contribution in [0.4, 0.5) is 5.82 Å². The van der Waals surface area contributed by atoms with Crippen LogP contribution in [0.5, 0.6) is 0 Å². The van der Waals surface area contributed by atoms with Crippen molar-refractivity contribution >= 4 is 11.7 Å². The fourth-order valence-corrected chi connectivity index (χ4v) is 3.89. The van der Waals surface area contributed by atoms with Crippen molar-refractivity contribution in [2.75, 3.05) is 50.7 Å². The van der Waals surface area contributed by atoms with Crippen molar-refractivity contribution in [3.63, 3.8) is 0 Å². The van der Waals surface area contributed by atoms with Crippen molar-refractivity contribution in [3.8, 4) is 11.4 Å². The van der Waals surface area contributed by atoms with E-state index in [9.17, 15) is 9.59 Å². The van der Waals surface area contributed by atoms with Crippen molar-refractivity contribution in [2.45, 2.75) is 26.7 Å². The summed E-state index contributed by atoms with van der Waals surface area (Å²) in [6.45, 7) is 9.35. The van der Waals surface area contributed by atoms with Gasteiger partial charge in [0.15, 0.2) is 0 Å². The van der Waals surface area contributed by atoms with Crippen LogP contribution in [0.25, 0.3) is 11.4 Å². The third kappa shape index (κ3) is 4.32. The molecule has 4 heterocycles. The molecule has 1 N–H and O–H groups in total. The van der Waals surface area contributed by atoms with E-state index >= 15 is 0 Å². The zero-order valence-corrected chi connectivity index (χ0v) is 17.1. The van der Waals surface area contributed by atoms with Gasteiger partial charge in [0.25, 0.3) is 5.56 Å². The molecule has 0 bridgehead atoms. The number of carbonyl (C=O) groups excluding carboxylic acids is 1. The van der Waals surface area contributed by atoms with E-state index in [1.165, 1.54) is 0 Å². The number of likely N-dealkylation sites (tertiary alicyclic amines) is 1. The van der Waals surface area contributed by atoms with Gasteiger partial charge in [-0.15, -0.1) is 0 Å². The normalized spacial score (nSPS) is 17.7. The first-order chi connectivity index (χ1) is 14.0. The van der Waals surface area contributed by atoms with Crippen LogP contribution in [-0.2, 0) is 4.79 Å². The number of nitrogens with one attached hydrogen (secondary N) is 1. The number of nitrogens with zero attached hydrogens (tertiary/aromatic N) is 5. The van der Waals surface area contributed by atoms with Crippen molar-refractivity contribution in [1.82, 2.24) is 24.8 Å². The number of aromatic amines is 1. The molecule has 0 saturated carbocycles. The van der Waals surface area contributed by atoms with Gasteiger partial charge < -0.3 is 14.8 Å². The predicted octanol–water partition coefficient (Wildman–Crippen LogP) is 1.19. The van der Waals surface area contributed by atoms with Gasteiger partial charge in [0, 0.05) is 62.3 Å². The zero-order valence-electron chi connectivity index (χ0n) is 17.1. The van der Waals surface area contributed by atoms with Crippen molar-refractivity contribution in [1.29, 1.82) is 0 Å². The van der Waals surface area contributed by atoms with Crippen LogP contribution in [0.15, 0.2) is 23.1 Å². The molecule has 4 rings (SSSR count). The van der Waals surface area contributed by atoms with E-state index in [-0.39, 0.29) is 11.5 Å². The van der Waals surface area contributed by atoms with Gasteiger partial charge in [0.2, 0.25) is 5.91 Å². The molecule has 2 fully saturated rings. The molecule has 8 nitrogen and oxygen atoms in total. The number of hydrogen-bond acceptors (Lipinski definition) is 6. The maximum absolute atomic E-state index is 12.3. The minimum absolute atomic E-state index is 0.115. The van der Waals surface area contributed by atoms with E-state index in [1.807, 2.05) is 24.0 Å². The van der Waals surface area contributed by atoms with Crippen LogP contribution in [0.1, 0.15) is 24.1 Å². The summed E-state index contributed by atoms with van der Waals surface area (Å²) in [4.78, 5) is 42.6. The summed E-state index contributed by atoms with van der Waals surface area (Å²) in [6, 6.07) is 3.91. The van der Waals surface area contributed by atoms with E-state index in [0.717, 1.165) is 69.2 Å². The molecule has 0 unspecified atom stereocenters. The Morgan fingerprint density at radius 3 is 2.41 bits per heavy atom. The average molecular weight is 396 g/mol. The van der Waals surface area contributed by atoms with E-state index in [0.29, 0.717) is 17.9 Å². The lowest BCUT2D eigenvalue weighted by Crippen LogP contribution is -2.50. The number of carbonyl (C=O) groups is 1. The summed E-state index contributed by atoms with van der Waals surface area (Å²) in [5, 5.41) is 0. The first kappa shape index (κ1) is 19.6. The molecule has 0 radical (unpaired) electrons. The van der Waals surface area contributed by atoms with Crippen LogP contribution >= 0.6 is 0 Å². The van der Waals surface area contributed by atoms with Crippen LogP contribution in [0, 0.1) is 13.8 Å². The SMILES string of the molecule is Cc1nc(-c2ccc(N3CCN(CC(=O)N4CCCC4)CC3)nc2)[nH]c(=O)c1C. The van der Waals surface area contributed by atoms with E-state index < -0.39 is 0 Å². The number of H-pyrrole nitrogens is 1. The minimum atomic E-state index is -0.115. The average Bonchev–Trinajstić information content (AvgIpc) is 3.27. The van der Waals surface area contributed by atoms with Gasteiger partial charge >= 0.3 is 0 Å². The molecule has 2 aliphatic rings. The minimum Gasteiger partial charge on any atom is -0.354 e. The summed E-state index contributed by atoms with van der Waals surface area (Å²) < 4.78 is 0. The molecular formula is C21H28N6O2.